The number of allylic oxidation sites excluding steroid dienone is 2. The largest absolute Gasteiger partial charge is 0.490 e. The van der Waals surface area contributed by atoms with Gasteiger partial charge in [0.15, 0.2) is 34.6 Å². The molecular weight excluding hydrogens is 626 g/mol. The van der Waals surface area contributed by atoms with Crippen LogP contribution in [0.4, 0.5) is 0 Å². The van der Waals surface area contributed by atoms with Crippen LogP contribution < -0.4 is 24.7 Å². The SMILES string of the molecule is CCOc1cc(/C=C/C(=O)CC(=O)/C=C/c2ccc(OCCOCCOCCO)c(OCCN)c2)ccc1OCCOCCOCCO. The van der Waals surface area contributed by atoms with Gasteiger partial charge < -0.3 is 53.8 Å². The van der Waals surface area contributed by atoms with Crippen LogP contribution in [-0.4, -0.2) is 121 Å². The van der Waals surface area contributed by atoms with Crippen LogP contribution in [0.15, 0.2) is 48.6 Å². The van der Waals surface area contributed by atoms with Crippen molar-refractivity contribution in [2.24, 2.45) is 5.73 Å². The number of hydrogen-bond donors (Lipinski definition) is 3. The number of aliphatic hydroxyl groups excluding tert-OH is 2. The van der Waals surface area contributed by atoms with E-state index in [1.807, 2.05) is 6.92 Å². The summed E-state index contributed by atoms with van der Waals surface area (Å²) in [5.74, 6) is 1.35. The minimum absolute atomic E-state index is 0.0245. The molecule has 2 aromatic carbocycles. The molecule has 0 amide bonds. The van der Waals surface area contributed by atoms with E-state index in [9.17, 15) is 9.59 Å². The molecule has 13 nitrogen and oxygen atoms in total. The summed E-state index contributed by atoms with van der Waals surface area (Å²) >= 11 is 0. The van der Waals surface area contributed by atoms with Gasteiger partial charge in [-0.15, -0.1) is 0 Å². The fourth-order valence-corrected chi connectivity index (χ4v) is 3.91. The highest BCUT2D eigenvalue weighted by molar-refractivity contribution is 6.10. The topological polar surface area (TPSA) is 174 Å². The van der Waals surface area contributed by atoms with Crippen LogP contribution in [0.5, 0.6) is 23.0 Å². The van der Waals surface area contributed by atoms with Gasteiger partial charge in [-0.25, -0.2) is 0 Å². The molecule has 266 valence electrons. The molecule has 0 saturated heterocycles. The third-order valence-corrected chi connectivity index (χ3v) is 6.07. The molecule has 0 spiro atoms. The van der Waals surface area contributed by atoms with Crippen LogP contribution in [0.25, 0.3) is 12.2 Å². The van der Waals surface area contributed by atoms with Gasteiger partial charge in [-0.05, 0) is 54.5 Å². The number of rotatable bonds is 29. The van der Waals surface area contributed by atoms with E-state index in [0.717, 1.165) is 0 Å². The van der Waals surface area contributed by atoms with Gasteiger partial charge in [0.1, 0.15) is 19.8 Å². The lowest BCUT2D eigenvalue weighted by Crippen LogP contribution is -2.13. The summed E-state index contributed by atoms with van der Waals surface area (Å²) in [4.78, 5) is 25.1. The van der Waals surface area contributed by atoms with Crippen molar-refractivity contribution in [2.75, 3.05) is 99.0 Å². The van der Waals surface area contributed by atoms with Crippen LogP contribution >= 0.6 is 0 Å². The molecule has 4 N–H and O–H groups in total. The van der Waals surface area contributed by atoms with Crippen LogP contribution in [0, 0.1) is 0 Å². The lowest BCUT2D eigenvalue weighted by Gasteiger charge is -2.13. The Morgan fingerprint density at radius 1 is 0.583 bits per heavy atom. The van der Waals surface area contributed by atoms with Crippen molar-refractivity contribution >= 4 is 23.7 Å². The van der Waals surface area contributed by atoms with Crippen LogP contribution in [-0.2, 0) is 28.5 Å². The van der Waals surface area contributed by atoms with E-state index in [4.69, 9.17) is 53.8 Å². The molecule has 2 aromatic rings. The number of ether oxygens (including phenoxy) is 8. The molecule has 0 saturated carbocycles. The Kier molecular flexibility index (Phi) is 22.0. The van der Waals surface area contributed by atoms with Crippen LogP contribution in [0.3, 0.4) is 0 Å². The van der Waals surface area contributed by atoms with Crippen molar-refractivity contribution in [3.8, 4) is 23.0 Å². The third-order valence-electron chi connectivity index (χ3n) is 6.07. The Labute approximate surface area is 282 Å². The second-order valence-corrected chi connectivity index (χ2v) is 9.85. The minimum atomic E-state index is -0.351. The zero-order chi connectivity index (χ0) is 34.7. The Balaban J connectivity index is 1.86. The summed E-state index contributed by atoms with van der Waals surface area (Å²) in [5, 5.41) is 17.4. The number of hydrogen-bond acceptors (Lipinski definition) is 13. The van der Waals surface area contributed by atoms with Crippen molar-refractivity contribution in [3.05, 3.63) is 59.7 Å². The summed E-state index contributed by atoms with van der Waals surface area (Å²) in [6.07, 6.45) is 5.65. The summed E-state index contributed by atoms with van der Waals surface area (Å²) in [5.41, 5.74) is 7.00. The van der Waals surface area contributed by atoms with Crippen LogP contribution in [0.1, 0.15) is 24.5 Å². The number of nitrogens with two attached hydrogens (primary N) is 1. The molecule has 0 radical (unpaired) electrons. The van der Waals surface area contributed by atoms with E-state index in [2.05, 4.69) is 0 Å². The van der Waals surface area contributed by atoms with Gasteiger partial charge in [0.05, 0.1) is 79.1 Å². The standard InChI is InChI=1S/C35H49NO12/c1-2-45-34-25-28(5-9-32(34)47-23-21-43-19-17-41-15-12-37)3-7-30(39)27-31(40)8-4-29-6-10-33(35(26-29)46-14-11-36)48-24-22-44-20-18-42-16-13-38/h3-10,25-26,37-38H,2,11-24,27,36H2,1H3/b7-3+,8-4+. The molecule has 0 aliphatic heterocycles. The number of benzene rings is 2. The molecular formula is C35H49NO12. The molecule has 0 aliphatic rings. The first kappa shape index (κ1) is 40.4. The van der Waals surface area contributed by atoms with E-state index in [1.165, 1.54) is 12.2 Å². The average molecular weight is 676 g/mol. The second-order valence-electron chi connectivity index (χ2n) is 9.85. The predicted molar refractivity (Wildman–Crippen MR) is 180 cm³/mol. The monoisotopic (exact) mass is 675 g/mol. The third kappa shape index (κ3) is 17.9. The summed E-state index contributed by atoms with van der Waals surface area (Å²) in [6.45, 7) is 6.23. The zero-order valence-electron chi connectivity index (χ0n) is 27.6. The molecule has 48 heavy (non-hydrogen) atoms. The highest BCUT2D eigenvalue weighted by Crippen LogP contribution is 2.30. The first-order valence-corrected chi connectivity index (χ1v) is 15.9. The highest BCUT2D eigenvalue weighted by Gasteiger charge is 2.09. The maximum Gasteiger partial charge on any atom is 0.163 e. The molecule has 13 heteroatoms. The second kappa shape index (κ2) is 26.2. The summed E-state index contributed by atoms with van der Waals surface area (Å²) < 4.78 is 44.1. The van der Waals surface area contributed by atoms with Gasteiger partial charge in [-0.2, -0.15) is 0 Å². The average Bonchev–Trinajstić information content (AvgIpc) is 3.09. The van der Waals surface area contributed by atoms with E-state index < -0.39 is 0 Å². The van der Waals surface area contributed by atoms with E-state index >= 15 is 0 Å². The Morgan fingerprint density at radius 2 is 1.00 bits per heavy atom. The first-order valence-electron chi connectivity index (χ1n) is 15.9. The number of carbonyl (C=O) groups is 2. The van der Waals surface area contributed by atoms with Crippen LogP contribution in [0.2, 0.25) is 0 Å². The summed E-state index contributed by atoms with van der Waals surface area (Å²) in [7, 11) is 0. The molecule has 0 unspecified atom stereocenters. The normalized spacial score (nSPS) is 11.3. The van der Waals surface area contributed by atoms with Crippen molar-refractivity contribution in [2.45, 2.75) is 13.3 Å². The fourth-order valence-electron chi connectivity index (χ4n) is 3.91. The van der Waals surface area contributed by atoms with E-state index in [0.29, 0.717) is 93.5 Å². The lowest BCUT2D eigenvalue weighted by atomic mass is 10.1. The maximum atomic E-state index is 12.5. The number of carbonyl (C=O) groups excluding carboxylic acids is 2. The Hall–Kier alpha value is -3.82. The first-order chi connectivity index (χ1) is 23.5. The molecule has 0 aromatic heterocycles. The minimum Gasteiger partial charge on any atom is -0.490 e. The summed E-state index contributed by atoms with van der Waals surface area (Å²) in [6, 6.07) is 10.5. The molecule has 0 bridgehead atoms. The van der Waals surface area contributed by atoms with Crippen molar-refractivity contribution < 1.29 is 57.7 Å². The van der Waals surface area contributed by atoms with Gasteiger partial charge in [-0.1, -0.05) is 24.3 Å². The molecule has 2 rings (SSSR count). The quantitative estimate of drug-likeness (QED) is 0.0653. The predicted octanol–water partition coefficient (Wildman–Crippen LogP) is 2.49. The van der Waals surface area contributed by atoms with E-state index in [-0.39, 0.29) is 57.6 Å². The van der Waals surface area contributed by atoms with Crippen molar-refractivity contribution in [1.29, 1.82) is 0 Å². The molecule has 0 heterocycles. The lowest BCUT2D eigenvalue weighted by molar-refractivity contribution is -0.121. The van der Waals surface area contributed by atoms with Crippen molar-refractivity contribution in [1.82, 2.24) is 0 Å². The van der Waals surface area contributed by atoms with Crippen molar-refractivity contribution in [3.63, 3.8) is 0 Å². The maximum absolute atomic E-state index is 12.5. The van der Waals surface area contributed by atoms with Gasteiger partial charge >= 0.3 is 0 Å². The van der Waals surface area contributed by atoms with Gasteiger partial charge in [0.25, 0.3) is 0 Å². The van der Waals surface area contributed by atoms with Gasteiger partial charge in [0.2, 0.25) is 0 Å². The Morgan fingerprint density at radius 3 is 1.44 bits per heavy atom. The van der Waals surface area contributed by atoms with E-state index in [1.54, 1.807) is 48.6 Å². The Bertz CT molecular complexity index is 1250. The van der Waals surface area contributed by atoms with Gasteiger partial charge in [-0.3, -0.25) is 9.59 Å². The smallest absolute Gasteiger partial charge is 0.163 e. The highest BCUT2D eigenvalue weighted by atomic mass is 16.6. The number of ketones is 2. The fraction of sp³-hybridized carbons (Fsp3) is 0.486. The van der Waals surface area contributed by atoms with Gasteiger partial charge in [0, 0.05) is 6.54 Å². The number of aliphatic hydroxyl groups is 2. The molecule has 0 fully saturated rings. The molecule has 0 aliphatic carbocycles. The zero-order valence-corrected chi connectivity index (χ0v) is 27.6. The molecule has 0 atom stereocenters.